The van der Waals surface area contributed by atoms with Crippen molar-refractivity contribution in [3.63, 3.8) is 0 Å². The molecule has 15 heavy (non-hydrogen) atoms. The lowest BCUT2D eigenvalue weighted by Gasteiger charge is -2.10. The van der Waals surface area contributed by atoms with Gasteiger partial charge in [0.05, 0.1) is 0 Å². The maximum Gasteiger partial charge on any atom is -0.00829 e. The minimum atomic E-state index is 1.11. The first kappa shape index (κ1) is 10.2. The van der Waals surface area contributed by atoms with Gasteiger partial charge in [0.15, 0.2) is 0 Å². The normalized spacial score (nSPS) is 15.8. The summed E-state index contributed by atoms with van der Waals surface area (Å²) in [7, 11) is 0. The third kappa shape index (κ3) is 1.77. The largest absolute Gasteiger partial charge is 0.0769 e. The molecule has 0 heterocycles. The molecular weight excluding hydrogens is 180 g/mol. The molecular formula is C15H18. The van der Waals surface area contributed by atoms with E-state index in [0.29, 0.717) is 0 Å². The first-order valence-corrected chi connectivity index (χ1v) is 5.69. The number of allylic oxidation sites excluding steroid dienone is 4. The van der Waals surface area contributed by atoms with Gasteiger partial charge in [0.25, 0.3) is 0 Å². The van der Waals surface area contributed by atoms with Crippen molar-refractivity contribution >= 4 is 5.57 Å². The molecule has 0 heteroatoms. The summed E-state index contributed by atoms with van der Waals surface area (Å²) in [5, 5.41) is 0. The zero-order valence-electron chi connectivity index (χ0n) is 9.80. The molecule has 0 radical (unpaired) electrons. The SMILES string of the molecule is CCc1ccccc1C1=C(C)C(C)=CC1. The smallest absolute Gasteiger partial charge is 0.00829 e. The second-order valence-electron chi connectivity index (χ2n) is 4.21. The van der Waals surface area contributed by atoms with E-state index < -0.39 is 0 Å². The number of hydrogen-bond acceptors (Lipinski definition) is 0. The molecule has 78 valence electrons. The van der Waals surface area contributed by atoms with Gasteiger partial charge >= 0.3 is 0 Å². The highest BCUT2D eigenvalue weighted by Crippen LogP contribution is 2.34. The molecule has 1 aromatic carbocycles. The molecule has 0 saturated carbocycles. The summed E-state index contributed by atoms with van der Waals surface area (Å²) < 4.78 is 0. The van der Waals surface area contributed by atoms with Gasteiger partial charge in [0, 0.05) is 0 Å². The highest BCUT2D eigenvalue weighted by Gasteiger charge is 2.13. The van der Waals surface area contributed by atoms with E-state index in [1.165, 1.54) is 27.8 Å². The summed E-state index contributed by atoms with van der Waals surface area (Å²) >= 11 is 0. The van der Waals surface area contributed by atoms with Crippen LogP contribution in [0.4, 0.5) is 0 Å². The standard InChI is InChI=1S/C15H18/c1-4-13-7-5-6-8-15(13)14-10-9-11(2)12(14)3/h5-9H,4,10H2,1-3H3. The fourth-order valence-corrected chi connectivity index (χ4v) is 2.23. The van der Waals surface area contributed by atoms with Crippen LogP contribution in [0.1, 0.15) is 38.3 Å². The lowest BCUT2D eigenvalue weighted by molar-refractivity contribution is 1.12. The second kappa shape index (κ2) is 4.06. The van der Waals surface area contributed by atoms with E-state index in [2.05, 4.69) is 51.1 Å². The number of benzene rings is 1. The molecule has 0 aromatic heterocycles. The van der Waals surface area contributed by atoms with E-state index >= 15 is 0 Å². The fourth-order valence-electron chi connectivity index (χ4n) is 2.23. The Morgan fingerprint density at radius 1 is 1.13 bits per heavy atom. The van der Waals surface area contributed by atoms with Gasteiger partial charge in [0.1, 0.15) is 0 Å². The van der Waals surface area contributed by atoms with Crippen LogP contribution in [0.2, 0.25) is 0 Å². The van der Waals surface area contributed by atoms with Crippen LogP contribution in [0.15, 0.2) is 41.5 Å². The second-order valence-corrected chi connectivity index (χ2v) is 4.21. The summed E-state index contributed by atoms with van der Waals surface area (Å²) in [5.41, 5.74) is 7.34. The fraction of sp³-hybridized carbons (Fsp3) is 0.333. The summed E-state index contributed by atoms with van der Waals surface area (Å²) in [6.45, 7) is 6.67. The molecule has 0 amide bonds. The van der Waals surface area contributed by atoms with Crippen LogP contribution in [0, 0.1) is 0 Å². The summed E-state index contributed by atoms with van der Waals surface area (Å²) in [5.74, 6) is 0. The zero-order valence-corrected chi connectivity index (χ0v) is 9.80. The van der Waals surface area contributed by atoms with Gasteiger partial charge in [-0.25, -0.2) is 0 Å². The highest BCUT2D eigenvalue weighted by atomic mass is 14.2. The van der Waals surface area contributed by atoms with Crippen molar-refractivity contribution in [3.8, 4) is 0 Å². The van der Waals surface area contributed by atoms with Gasteiger partial charge in [-0.15, -0.1) is 0 Å². The van der Waals surface area contributed by atoms with Gasteiger partial charge in [-0.2, -0.15) is 0 Å². The van der Waals surface area contributed by atoms with Crippen LogP contribution in [-0.2, 0) is 6.42 Å². The van der Waals surface area contributed by atoms with E-state index in [9.17, 15) is 0 Å². The van der Waals surface area contributed by atoms with Gasteiger partial charge in [-0.05, 0) is 49.0 Å². The molecule has 2 rings (SSSR count). The summed E-state index contributed by atoms with van der Waals surface area (Å²) in [6, 6.07) is 8.77. The van der Waals surface area contributed by atoms with Crippen molar-refractivity contribution in [2.75, 3.05) is 0 Å². The Hall–Kier alpha value is -1.30. The predicted molar refractivity (Wildman–Crippen MR) is 66.8 cm³/mol. The Morgan fingerprint density at radius 3 is 2.47 bits per heavy atom. The summed E-state index contributed by atoms with van der Waals surface area (Å²) in [6.07, 6.45) is 4.55. The average Bonchev–Trinajstić information content (AvgIpc) is 2.60. The van der Waals surface area contributed by atoms with E-state index in [1.807, 2.05) is 0 Å². The minimum Gasteiger partial charge on any atom is -0.0769 e. The minimum absolute atomic E-state index is 1.11. The predicted octanol–water partition coefficient (Wildman–Crippen LogP) is 4.37. The summed E-state index contributed by atoms with van der Waals surface area (Å²) in [4.78, 5) is 0. The van der Waals surface area contributed by atoms with Crippen molar-refractivity contribution in [1.82, 2.24) is 0 Å². The molecule has 0 spiro atoms. The molecule has 1 aliphatic rings. The van der Waals surface area contributed by atoms with E-state index in [1.54, 1.807) is 0 Å². The van der Waals surface area contributed by atoms with Gasteiger partial charge < -0.3 is 0 Å². The molecule has 0 atom stereocenters. The Kier molecular flexibility index (Phi) is 2.77. The highest BCUT2D eigenvalue weighted by molar-refractivity contribution is 5.77. The van der Waals surface area contributed by atoms with E-state index in [-0.39, 0.29) is 0 Å². The van der Waals surface area contributed by atoms with Crippen molar-refractivity contribution in [1.29, 1.82) is 0 Å². The number of rotatable bonds is 2. The van der Waals surface area contributed by atoms with Crippen molar-refractivity contribution in [2.24, 2.45) is 0 Å². The van der Waals surface area contributed by atoms with E-state index in [4.69, 9.17) is 0 Å². The number of hydrogen-bond donors (Lipinski definition) is 0. The maximum atomic E-state index is 2.33. The zero-order chi connectivity index (χ0) is 10.8. The first-order valence-electron chi connectivity index (χ1n) is 5.69. The number of aryl methyl sites for hydroxylation is 1. The topological polar surface area (TPSA) is 0 Å². The monoisotopic (exact) mass is 198 g/mol. The molecule has 0 N–H and O–H groups in total. The average molecular weight is 198 g/mol. The molecule has 0 bridgehead atoms. The van der Waals surface area contributed by atoms with Crippen LogP contribution in [0.3, 0.4) is 0 Å². The lowest BCUT2D eigenvalue weighted by atomic mass is 9.95. The molecule has 0 unspecified atom stereocenters. The quantitative estimate of drug-likeness (QED) is 0.662. The molecule has 0 nitrogen and oxygen atoms in total. The molecule has 1 aromatic rings. The van der Waals surface area contributed by atoms with Crippen LogP contribution in [0.25, 0.3) is 5.57 Å². The third-order valence-electron chi connectivity index (χ3n) is 3.38. The van der Waals surface area contributed by atoms with Crippen LogP contribution in [0.5, 0.6) is 0 Å². The molecule has 0 aliphatic heterocycles. The Labute approximate surface area is 92.3 Å². The van der Waals surface area contributed by atoms with Crippen molar-refractivity contribution in [2.45, 2.75) is 33.6 Å². The molecule has 0 fully saturated rings. The van der Waals surface area contributed by atoms with Gasteiger partial charge in [0.2, 0.25) is 0 Å². The van der Waals surface area contributed by atoms with Crippen molar-refractivity contribution in [3.05, 3.63) is 52.6 Å². The van der Waals surface area contributed by atoms with Crippen LogP contribution < -0.4 is 0 Å². The van der Waals surface area contributed by atoms with Crippen LogP contribution >= 0.6 is 0 Å². The van der Waals surface area contributed by atoms with Gasteiger partial charge in [-0.3, -0.25) is 0 Å². The Balaban J connectivity index is 2.48. The van der Waals surface area contributed by atoms with Crippen molar-refractivity contribution < 1.29 is 0 Å². The maximum absolute atomic E-state index is 2.33. The van der Waals surface area contributed by atoms with E-state index in [0.717, 1.165) is 12.8 Å². The molecule has 0 saturated heterocycles. The molecule has 1 aliphatic carbocycles. The Morgan fingerprint density at radius 2 is 1.87 bits per heavy atom. The lowest BCUT2D eigenvalue weighted by Crippen LogP contribution is -1.91. The third-order valence-corrected chi connectivity index (χ3v) is 3.38. The first-order chi connectivity index (χ1) is 7.24. The van der Waals surface area contributed by atoms with Gasteiger partial charge in [-0.1, -0.05) is 42.8 Å². The van der Waals surface area contributed by atoms with Crippen LogP contribution in [-0.4, -0.2) is 0 Å². The Bertz CT molecular complexity index is 433.